The summed E-state index contributed by atoms with van der Waals surface area (Å²) < 4.78 is 5.16. The number of carbonyl (C=O) groups excluding carboxylic acids is 1. The van der Waals surface area contributed by atoms with Crippen molar-refractivity contribution >= 4 is 5.91 Å². The number of hydrogen-bond acceptors (Lipinski definition) is 3. The summed E-state index contributed by atoms with van der Waals surface area (Å²) in [6, 6.07) is 13.1. The van der Waals surface area contributed by atoms with Crippen LogP contribution in [0, 0.1) is 0 Å². The van der Waals surface area contributed by atoms with E-state index in [9.17, 15) is 4.79 Å². The molecule has 0 radical (unpaired) electrons. The van der Waals surface area contributed by atoms with Gasteiger partial charge in [0.1, 0.15) is 5.76 Å². The number of benzene rings is 1. The lowest BCUT2D eigenvalue weighted by Gasteiger charge is -2.14. The number of hydrogen-bond donors (Lipinski definition) is 2. The zero-order valence-corrected chi connectivity index (χ0v) is 10.0. The van der Waals surface area contributed by atoms with Gasteiger partial charge in [0.25, 0.3) is 0 Å². The summed E-state index contributed by atoms with van der Waals surface area (Å²) in [4.78, 5) is 12.0. The second kappa shape index (κ2) is 6.02. The van der Waals surface area contributed by atoms with E-state index in [2.05, 4.69) is 5.32 Å². The van der Waals surface area contributed by atoms with E-state index >= 15 is 0 Å². The molecule has 1 heterocycles. The van der Waals surface area contributed by atoms with E-state index in [1.54, 1.807) is 12.3 Å². The lowest BCUT2D eigenvalue weighted by molar-refractivity contribution is -0.122. The Morgan fingerprint density at radius 3 is 2.61 bits per heavy atom. The monoisotopic (exact) mass is 244 g/mol. The third-order valence-corrected chi connectivity index (χ3v) is 2.77. The van der Waals surface area contributed by atoms with Crippen molar-refractivity contribution in [2.24, 2.45) is 5.73 Å². The molecule has 0 bridgehead atoms. The fourth-order valence-corrected chi connectivity index (χ4v) is 1.79. The van der Waals surface area contributed by atoms with Crippen LogP contribution in [0.25, 0.3) is 0 Å². The molecule has 0 saturated heterocycles. The van der Waals surface area contributed by atoms with Gasteiger partial charge in [-0.25, -0.2) is 0 Å². The number of carbonyl (C=O) groups is 1. The minimum absolute atomic E-state index is 0.0832. The van der Waals surface area contributed by atoms with Gasteiger partial charge in [-0.2, -0.15) is 0 Å². The molecule has 0 spiro atoms. The quantitative estimate of drug-likeness (QED) is 0.840. The van der Waals surface area contributed by atoms with Crippen LogP contribution in [0.4, 0.5) is 0 Å². The Labute approximate surface area is 106 Å². The Hall–Kier alpha value is -2.07. The first-order valence-corrected chi connectivity index (χ1v) is 5.86. The van der Waals surface area contributed by atoms with Gasteiger partial charge in [0, 0.05) is 6.54 Å². The van der Waals surface area contributed by atoms with Crippen molar-refractivity contribution in [1.82, 2.24) is 5.32 Å². The van der Waals surface area contributed by atoms with E-state index in [1.807, 2.05) is 36.4 Å². The van der Waals surface area contributed by atoms with Gasteiger partial charge in [-0.1, -0.05) is 30.3 Å². The number of nitrogens with two attached hydrogens (primary N) is 1. The van der Waals surface area contributed by atoms with Gasteiger partial charge in [0.05, 0.1) is 18.7 Å². The number of rotatable bonds is 5. The number of nitrogens with one attached hydrogen (secondary N) is 1. The highest BCUT2D eigenvalue weighted by atomic mass is 16.3. The normalized spacial score (nSPS) is 12.1. The molecule has 18 heavy (non-hydrogen) atoms. The van der Waals surface area contributed by atoms with Gasteiger partial charge in [0.15, 0.2) is 0 Å². The molecule has 0 aliphatic rings. The SMILES string of the molecule is NCC(C(=O)NCc1ccco1)c1ccccc1. The van der Waals surface area contributed by atoms with E-state index < -0.39 is 0 Å². The van der Waals surface area contributed by atoms with Crippen molar-refractivity contribution in [2.45, 2.75) is 12.5 Å². The van der Waals surface area contributed by atoms with Crippen LogP contribution < -0.4 is 11.1 Å². The van der Waals surface area contributed by atoms with Crippen molar-refractivity contribution in [3.05, 3.63) is 60.1 Å². The van der Waals surface area contributed by atoms with Crippen molar-refractivity contribution in [3.63, 3.8) is 0 Å². The maximum atomic E-state index is 12.0. The molecule has 0 aliphatic heterocycles. The Balaban J connectivity index is 1.98. The lowest BCUT2D eigenvalue weighted by atomic mass is 9.98. The molecule has 1 aromatic heterocycles. The summed E-state index contributed by atoms with van der Waals surface area (Å²) in [5.41, 5.74) is 6.60. The molecule has 1 amide bonds. The van der Waals surface area contributed by atoms with Crippen LogP contribution in [0.15, 0.2) is 53.1 Å². The van der Waals surface area contributed by atoms with E-state index in [0.717, 1.165) is 11.3 Å². The summed E-state index contributed by atoms with van der Waals surface area (Å²) in [7, 11) is 0. The molecule has 1 atom stereocenters. The lowest BCUT2D eigenvalue weighted by Crippen LogP contribution is -2.32. The van der Waals surface area contributed by atoms with E-state index in [4.69, 9.17) is 10.2 Å². The zero-order chi connectivity index (χ0) is 12.8. The van der Waals surface area contributed by atoms with Gasteiger partial charge < -0.3 is 15.5 Å². The molecule has 0 fully saturated rings. The first-order valence-electron chi connectivity index (χ1n) is 5.86. The van der Waals surface area contributed by atoms with Crippen LogP contribution in [0.2, 0.25) is 0 Å². The molecule has 1 aromatic carbocycles. The summed E-state index contributed by atoms with van der Waals surface area (Å²) in [6.07, 6.45) is 1.58. The molecule has 0 saturated carbocycles. The van der Waals surface area contributed by atoms with Crippen molar-refractivity contribution in [1.29, 1.82) is 0 Å². The summed E-state index contributed by atoms with van der Waals surface area (Å²) >= 11 is 0. The minimum Gasteiger partial charge on any atom is -0.467 e. The molecular formula is C14H16N2O2. The van der Waals surface area contributed by atoms with Gasteiger partial charge >= 0.3 is 0 Å². The molecular weight excluding hydrogens is 228 g/mol. The van der Waals surface area contributed by atoms with Gasteiger partial charge in [0.2, 0.25) is 5.91 Å². The molecule has 4 nitrogen and oxygen atoms in total. The summed E-state index contributed by atoms with van der Waals surface area (Å²) in [6.45, 7) is 0.670. The van der Waals surface area contributed by atoms with E-state index in [-0.39, 0.29) is 18.4 Å². The van der Waals surface area contributed by atoms with Crippen LogP contribution >= 0.6 is 0 Å². The first-order chi connectivity index (χ1) is 8.81. The van der Waals surface area contributed by atoms with Crippen LogP contribution in [0.3, 0.4) is 0 Å². The largest absolute Gasteiger partial charge is 0.467 e. The predicted molar refractivity (Wildman–Crippen MR) is 68.8 cm³/mol. The average Bonchev–Trinajstić information content (AvgIpc) is 2.92. The highest BCUT2D eigenvalue weighted by Crippen LogP contribution is 2.14. The zero-order valence-electron chi connectivity index (χ0n) is 10.0. The number of furan rings is 1. The smallest absolute Gasteiger partial charge is 0.229 e. The van der Waals surface area contributed by atoms with Crippen molar-refractivity contribution < 1.29 is 9.21 Å². The third-order valence-electron chi connectivity index (χ3n) is 2.77. The maximum absolute atomic E-state index is 12.0. The minimum atomic E-state index is -0.318. The highest BCUT2D eigenvalue weighted by Gasteiger charge is 2.18. The standard InChI is InChI=1S/C14H16N2O2/c15-9-13(11-5-2-1-3-6-11)14(17)16-10-12-7-4-8-18-12/h1-8,13H,9-10,15H2,(H,16,17). The molecule has 4 heteroatoms. The predicted octanol–water partition coefficient (Wildman–Crippen LogP) is 1.64. The van der Waals surface area contributed by atoms with Crippen molar-refractivity contribution in [3.8, 4) is 0 Å². The first kappa shape index (κ1) is 12.4. The van der Waals surface area contributed by atoms with Crippen molar-refractivity contribution in [2.75, 3.05) is 6.54 Å². The molecule has 0 aliphatic carbocycles. The summed E-state index contributed by atoms with van der Waals surface area (Å²) in [5.74, 6) is 0.327. The van der Waals surface area contributed by atoms with Gasteiger partial charge in [-0.15, -0.1) is 0 Å². The fourth-order valence-electron chi connectivity index (χ4n) is 1.79. The van der Waals surface area contributed by atoms with E-state index in [1.165, 1.54) is 0 Å². The Bertz CT molecular complexity index is 480. The second-order valence-corrected chi connectivity index (χ2v) is 4.00. The Morgan fingerprint density at radius 2 is 2.00 bits per heavy atom. The topological polar surface area (TPSA) is 68.3 Å². The van der Waals surface area contributed by atoms with Crippen LogP contribution in [-0.2, 0) is 11.3 Å². The Morgan fingerprint density at radius 1 is 1.22 bits per heavy atom. The second-order valence-electron chi connectivity index (χ2n) is 4.00. The maximum Gasteiger partial charge on any atom is 0.229 e. The van der Waals surface area contributed by atoms with Gasteiger partial charge in [-0.05, 0) is 17.7 Å². The number of amides is 1. The van der Waals surface area contributed by atoms with E-state index in [0.29, 0.717) is 6.54 Å². The molecule has 2 aromatic rings. The van der Waals surface area contributed by atoms with Crippen LogP contribution in [0.5, 0.6) is 0 Å². The fraction of sp³-hybridized carbons (Fsp3) is 0.214. The van der Waals surface area contributed by atoms with Crippen LogP contribution in [-0.4, -0.2) is 12.5 Å². The molecule has 1 unspecified atom stereocenters. The molecule has 2 rings (SSSR count). The Kier molecular flexibility index (Phi) is 4.15. The average molecular weight is 244 g/mol. The van der Waals surface area contributed by atoms with Crippen LogP contribution in [0.1, 0.15) is 17.2 Å². The third kappa shape index (κ3) is 2.99. The molecule has 94 valence electrons. The highest BCUT2D eigenvalue weighted by molar-refractivity contribution is 5.83. The molecule has 3 N–H and O–H groups in total. The summed E-state index contributed by atoms with van der Waals surface area (Å²) in [5, 5.41) is 2.82. The van der Waals surface area contributed by atoms with Gasteiger partial charge in [-0.3, -0.25) is 4.79 Å².